The first kappa shape index (κ1) is 14.7. The number of hydrogen-bond acceptors (Lipinski definition) is 4. The average Bonchev–Trinajstić information content (AvgIpc) is 3.10. The second-order valence-corrected chi connectivity index (χ2v) is 5.94. The van der Waals surface area contributed by atoms with Crippen LogP contribution >= 0.6 is 0 Å². The molecule has 24 heavy (non-hydrogen) atoms. The molecule has 1 aliphatic heterocycles. The van der Waals surface area contributed by atoms with Crippen LogP contribution in [0, 0.1) is 0 Å². The van der Waals surface area contributed by atoms with Crippen LogP contribution in [0.4, 0.5) is 0 Å². The van der Waals surface area contributed by atoms with E-state index in [2.05, 4.69) is 15.0 Å². The van der Waals surface area contributed by atoms with Crippen LogP contribution in [-0.2, 0) is 0 Å². The molecule has 1 aliphatic rings. The molecule has 1 amide bonds. The van der Waals surface area contributed by atoms with Gasteiger partial charge in [0.25, 0.3) is 5.91 Å². The van der Waals surface area contributed by atoms with E-state index in [1.165, 1.54) is 6.33 Å². The average molecular weight is 322 g/mol. The van der Waals surface area contributed by atoms with Crippen molar-refractivity contribution in [2.45, 2.75) is 18.9 Å². The zero-order valence-corrected chi connectivity index (χ0v) is 13.2. The summed E-state index contributed by atoms with van der Waals surface area (Å²) in [5, 5.41) is 1.11. The highest BCUT2D eigenvalue weighted by atomic mass is 16.5. The number of nitrogens with zero attached hydrogens (tertiary/aromatic N) is 3. The van der Waals surface area contributed by atoms with E-state index in [1.807, 2.05) is 35.4 Å². The summed E-state index contributed by atoms with van der Waals surface area (Å²) in [7, 11) is 0. The lowest BCUT2D eigenvalue weighted by Crippen LogP contribution is -2.41. The summed E-state index contributed by atoms with van der Waals surface area (Å²) in [6.07, 6.45) is 6.73. The fourth-order valence-electron chi connectivity index (χ4n) is 3.06. The second kappa shape index (κ2) is 6.31. The third kappa shape index (κ3) is 2.95. The van der Waals surface area contributed by atoms with E-state index in [1.54, 1.807) is 12.3 Å². The summed E-state index contributed by atoms with van der Waals surface area (Å²) in [6, 6.07) is 9.54. The van der Waals surface area contributed by atoms with E-state index in [4.69, 9.17) is 4.74 Å². The van der Waals surface area contributed by atoms with Crippen LogP contribution in [0.2, 0.25) is 0 Å². The van der Waals surface area contributed by atoms with E-state index in [0.717, 1.165) is 29.3 Å². The minimum absolute atomic E-state index is 0.0759. The lowest BCUT2D eigenvalue weighted by Gasteiger charge is -2.32. The Morgan fingerprint density at radius 3 is 2.88 bits per heavy atom. The molecule has 1 fully saturated rings. The van der Waals surface area contributed by atoms with E-state index in [-0.39, 0.29) is 12.0 Å². The smallest absolute Gasteiger partial charge is 0.253 e. The van der Waals surface area contributed by atoms with Crippen molar-refractivity contribution in [3.8, 4) is 5.88 Å². The molecule has 3 heterocycles. The maximum Gasteiger partial charge on any atom is 0.253 e. The molecule has 3 aromatic rings. The maximum atomic E-state index is 12.7. The van der Waals surface area contributed by atoms with Crippen molar-refractivity contribution >= 4 is 16.8 Å². The van der Waals surface area contributed by atoms with Gasteiger partial charge in [0, 0.05) is 55.5 Å². The first-order valence-electron chi connectivity index (χ1n) is 8.09. The number of likely N-dealkylation sites (tertiary alicyclic amines) is 1. The van der Waals surface area contributed by atoms with Gasteiger partial charge >= 0.3 is 0 Å². The molecule has 0 aliphatic carbocycles. The number of nitrogens with one attached hydrogen (secondary N) is 1. The van der Waals surface area contributed by atoms with Crippen LogP contribution < -0.4 is 4.74 Å². The van der Waals surface area contributed by atoms with Crippen molar-refractivity contribution in [3.05, 3.63) is 54.6 Å². The van der Waals surface area contributed by atoms with Crippen LogP contribution in [0.5, 0.6) is 5.88 Å². The molecule has 2 aromatic heterocycles. The van der Waals surface area contributed by atoms with Crippen molar-refractivity contribution < 1.29 is 9.53 Å². The van der Waals surface area contributed by atoms with Gasteiger partial charge in [0.05, 0.1) is 0 Å². The van der Waals surface area contributed by atoms with Crippen LogP contribution in [0.1, 0.15) is 23.2 Å². The normalized spacial score (nSPS) is 15.6. The Kier molecular flexibility index (Phi) is 3.86. The fourth-order valence-corrected chi connectivity index (χ4v) is 3.06. The van der Waals surface area contributed by atoms with Gasteiger partial charge in [-0.2, -0.15) is 0 Å². The summed E-state index contributed by atoms with van der Waals surface area (Å²) in [6.45, 7) is 1.38. The second-order valence-electron chi connectivity index (χ2n) is 5.94. The number of amides is 1. The molecule has 0 unspecified atom stereocenters. The molecular weight excluding hydrogens is 304 g/mol. The SMILES string of the molecule is O=C(c1ccc2cc[nH]c2c1)N1CCC(Oc2ccncn2)CC1. The molecule has 0 bridgehead atoms. The Hall–Kier alpha value is -2.89. The number of benzene rings is 1. The summed E-state index contributed by atoms with van der Waals surface area (Å²) in [5.41, 5.74) is 1.71. The first-order chi connectivity index (χ1) is 11.8. The molecule has 0 spiro atoms. The molecule has 122 valence electrons. The third-order valence-corrected chi connectivity index (χ3v) is 4.37. The predicted molar refractivity (Wildman–Crippen MR) is 89.9 cm³/mol. The van der Waals surface area contributed by atoms with Gasteiger partial charge in [0.15, 0.2) is 0 Å². The number of H-pyrrole nitrogens is 1. The number of ether oxygens (including phenoxy) is 1. The van der Waals surface area contributed by atoms with Crippen LogP contribution in [0.25, 0.3) is 10.9 Å². The van der Waals surface area contributed by atoms with Gasteiger partial charge in [0.2, 0.25) is 5.88 Å². The monoisotopic (exact) mass is 322 g/mol. The first-order valence-corrected chi connectivity index (χ1v) is 8.09. The Balaban J connectivity index is 1.39. The van der Waals surface area contributed by atoms with E-state index >= 15 is 0 Å². The molecule has 0 atom stereocenters. The van der Waals surface area contributed by atoms with Crippen molar-refractivity contribution in [1.82, 2.24) is 19.9 Å². The van der Waals surface area contributed by atoms with Crippen LogP contribution in [-0.4, -0.2) is 45.0 Å². The number of aromatic amines is 1. The molecule has 4 rings (SSSR count). The Morgan fingerprint density at radius 1 is 1.21 bits per heavy atom. The number of piperidine rings is 1. The Labute approximate surface area is 139 Å². The number of carbonyl (C=O) groups is 1. The number of fused-ring (bicyclic) bond motifs is 1. The number of aromatic nitrogens is 3. The Bertz CT molecular complexity index is 838. The fraction of sp³-hybridized carbons (Fsp3) is 0.278. The number of hydrogen-bond donors (Lipinski definition) is 1. The summed E-state index contributed by atoms with van der Waals surface area (Å²) < 4.78 is 5.84. The van der Waals surface area contributed by atoms with Crippen molar-refractivity contribution in [2.75, 3.05) is 13.1 Å². The standard InChI is InChI=1S/C18H18N4O2/c23-18(14-2-1-13-3-8-20-16(13)11-14)22-9-5-15(6-10-22)24-17-4-7-19-12-21-17/h1-4,7-8,11-12,15,20H,5-6,9-10H2. The van der Waals surface area contributed by atoms with Gasteiger partial charge in [-0.05, 0) is 23.6 Å². The zero-order chi connectivity index (χ0) is 16.4. The van der Waals surface area contributed by atoms with Gasteiger partial charge in [-0.1, -0.05) is 6.07 Å². The summed E-state index contributed by atoms with van der Waals surface area (Å²) >= 11 is 0. The van der Waals surface area contributed by atoms with Gasteiger partial charge in [-0.25, -0.2) is 9.97 Å². The van der Waals surface area contributed by atoms with Gasteiger partial charge in [-0.15, -0.1) is 0 Å². The zero-order valence-electron chi connectivity index (χ0n) is 13.2. The largest absolute Gasteiger partial charge is 0.474 e. The third-order valence-electron chi connectivity index (χ3n) is 4.37. The van der Waals surface area contributed by atoms with Gasteiger partial charge in [0.1, 0.15) is 12.4 Å². The van der Waals surface area contributed by atoms with Crippen LogP contribution in [0.15, 0.2) is 49.1 Å². The number of carbonyl (C=O) groups excluding carboxylic acids is 1. The van der Waals surface area contributed by atoms with E-state index < -0.39 is 0 Å². The maximum absolute atomic E-state index is 12.7. The van der Waals surface area contributed by atoms with E-state index in [0.29, 0.717) is 19.0 Å². The van der Waals surface area contributed by atoms with Crippen molar-refractivity contribution in [2.24, 2.45) is 0 Å². The lowest BCUT2D eigenvalue weighted by molar-refractivity contribution is 0.0588. The molecule has 0 radical (unpaired) electrons. The summed E-state index contributed by atoms with van der Waals surface area (Å²) in [5.74, 6) is 0.666. The summed E-state index contributed by atoms with van der Waals surface area (Å²) in [4.78, 5) is 25.7. The molecule has 1 saturated heterocycles. The van der Waals surface area contributed by atoms with Crippen LogP contribution in [0.3, 0.4) is 0 Å². The minimum Gasteiger partial charge on any atom is -0.474 e. The molecule has 1 N–H and O–H groups in total. The van der Waals surface area contributed by atoms with Crippen molar-refractivity contribution in [3.63, 3.8) is 0 Å². The quantitative estimate of drug-likeness (QED) is 0.805. The minimum atomic E-state index is 0.0759. The predicted octanol–water partition coefficient (Wildman–Crippen LogP) is 2.64. The highest BCUT2D eigenvalue weighted by molar-refractivity contribution is 5.98. The molecule has 6 heteroatoms. The highest BCUT2D eigenvalue weighted by Gasteiger charge is 2.25. The number of rotatable bonds is 3. The highest BCUT2D eigenvalue weighted by Crippen LogP contribution is 2.20. The lowest BCUT2D eigenvalue weighted by atomic mass is 10.1. The van der Waals surface area contributed by atoms with Gasteiger partial charge < -0.3 is 14.6 Å². The molecule has 1 aromatic carbocycles. The topological polar surface area (TPSA) is 71.1 Å². The van der Waals surface area contributed by atoms with Crippen molar-refractivity contribution in [1.29, 1.82) is 0 Å². The molecular formula is C18H18N4O2. The molecule has 6 nitrogen and oxygen atoms in total. The Morgan fingerprint density at radius 2 is 2.08 bits per heavy atom. The van der Waals surface area contributed by atoms with E-state index in [9.17, 15) is 4.79 Å². The molecule has 0 saturated carbocycles. The van der Waals surface area contributed by atoms with Gasteiger partial charge in [-0.3, -0.25) is 4.79 Å².